The number of benzene rings is 2. The molecule has 0 saturated carbocycles. The lowest BCUT2D eigenvalue weighted by molar-refractivity contribution is -0.385. The van der Waals surface area contributed by atoms with Crippen molar-refractivity contribution >= 4 is 21.7 Å². The van der Waals surface area contributed by atoms with E-state index in [9.17, 15) is 23.3 Å². The second kappa shape index (κ2) is 6.38. The lowest BCUT2D eigenvalue weighted by atomic mass is 10.0. The van der Waals surface area contributed by atoms with Crippen LogP contribution in [0.1, 0.15) is 10.4 Å². The van der Waals surface area contributed by atoms with Gasteiger partial charge in [0.2, 0.25) is 10.0 Å². The molecule has 0 aliphatic carbocycles. The van der Waals surface area contributed by atoms with Gasteiger partial charge in [-0.25, -0.2) is 17.5 Å². The zero-order valence-corrected chi connectivity index (χ0v) is 13.6. The molecule has 0 bridgehead atoms. The van der Waals surface area contributed by atoms with Crippen molar-refractivity contribution in [1.82, 2.24) is 4.31 Å². The van der Waals surface area contributed by atoms with Gasteiger partial charge in [-0.1, -0.05) is 18.2 Å². The van der Waals surface area contributed by atoms with E-state index in [0.717, 1.165) is 16.4 Å². The minimum atomic E-state index is -3.57. The molecule has 0 heterocycles. The Balaban J connectivity index is 2.48. The van der Waals surface area contributed by atoms with Gasteiger partial charge >= 0.3 is 5.97 Å². The van der Waals surface area contributed by atoms with Gasteiger partial charge < -0.3 is 5.11 Å². The highest BCUT2D eigenvalue weighted by Gasteiger charge is 2.21. The van der Waals surface area contributed by atoms with Crippen LogP contribution in [0.3, 0.4) is 0 Å². The minimum absolute atomic E-state index is 0.0907. The van der Waals surface area contributed by atoms with E-state index in [-0.39, 0.29) is 4.90 Å². The Morgan fingerprint density at radius 1 is 1.08 bits per heavy atom. The lowest BCUT2D eigenvalue weighted by Crippen LogP contribution is -2.22. The number of carbonyl (C=O) groups is 1. The van der Waals surface area contributed by atoms with Gasteiger partial charge in [0, 0.05) is 20.2 Å². The topological polar surface area (TPSA) is 118 Å². The van der Waals surface area contributed by atoms with E-state index in [1.54, 1.807) is 0 Å². The molecule has 0 aromatic heterocycles. The summed E-state index contributed by atoms with van der Waals surface area (Å²) in [5.74, 6) is -1.39. The van der Waals surface area contributed by atoms with E-state index >= 15 is 0 Å². The van der Waals surface area contributed by atoms with Crippen molar-refractivity contribution in [2.45, 2.75) is 4.90 Å². The first-order valence-corrected chi connectivity index (χ1v) is 8.13. The molecule has 9 heteroatoms. The lowest BCUT2D eigenvalue weighted by Gasteiger charge is -2.11. The summed E-state index contributed by atoms with van der Waals surface area (Å²) in [4.78, 5) is 21.4. The molecule has 0 aliphatic heterocycles. The highest BCUT2D eigenvalue weighted by Crippen LogP contribution is 2.28. The summed E-state index contributed by atoms with van der Waals surface area (Å²) in [5, 5.41) is 20.0. The molecular formula is C15H14N2O6S. The normalized spacial score (nSPS) is 11.5. The number of sulfonamides is 1. The molecule has 0 fully saturated rings. The van der Waals surface area contributed by atoms with Crippen molar-refractivity contribution in [1.29, 1.82) is 0 Å². The van der Waals surface area contributed by atoms with Crippen LogP contribution in [0.4, 0.5) is 5.69 Å². The fourth-order valence-corrected chi connectivity index (χ4v) is 2.97. The standard InChI is InChI=1S/C15H14N2O6S/c1-16(2)24(22,23)12-6-3-10(4-7-12)11-5-8-13(15(18)19)14(9-11)17(20)21/h3-9H,1-2H3,(H,18,19). The SMILES string of the molecule is CN(C)S(=O)(=O)c1ccc(-c2ccc(C(=O)O)c([N+](=O)[O-])c2)cc1. The molecule has 0 aliphatic rings. The van der Waals surface area contributed by atoms with Crippen LogP contribution in [0.2, 0.25) is 0 Å². The Hall–Kier alpha value is -2.78. The molecule has 8 nitrogen and oxygen atoms in total. The van der Waals surface area contributed by atoms with Gasteiger partial charge in [0.05, 0.1) is 9.82 Å². The predicted molar refractivity (Wildman–Crippen MR) is 86.4 cm³/mol. The average molecular weight is 350 g/mol. The number of nitro groups is 1. The summed E-state index contributed by atoms with van der Waals surface area (Å²) in [6.45, 7) is 0. The van der Waals surface area contributed by atoms with Crippen molar-refractivity contribution < 1.29 is 23.2 Å². The van der Waals surface area contributed by atoms with Crippen molar-refractivity contribution in [3.8, 4) is 11.1 Å². The van der Waals surface area contributed by atoms with E-state index in [4.69, 9.17) is 5.11 Å². The average Bonchev–Trinajstić information content (AvgIpc) is 2.54. The highest BCUT2D eigenvalue weighted by molar-refractivity contribution is 7.89. The summed E-state index contributed by atoms with van der Waals surface area (Å²) in [6, 6.07) is 9.54. The zero-order valence-electron chi connectivity index (χ0n) is 12.8. The largest absolute Gasteiger partial charge is 0.477 e. The Labute approximate surface area is 138 Å². The molecule has 24 heavy (non-hydrogen) atoms. The van der Waals surface area contributed by atoms with Gasteiger partial charge in [0.25, 0.3) is 5.69 Å². The monoisotopic (exact) mass is 350 g/mol. The molecule has 1 N–H and O–H groups in total. The zero-order chi connectivity index (χ0) is 18.1. The Kier molecular flexibility index (Phi) is 4.67. The molecule has 2 rings (SSSR count). The second-order valence-electron chi connectivity index (χ2n) is 5.11. The molecule has 0 saturated heterocycles. The summed E-state index contributed by atoms with van der Waals surface area (Å²) in [6.07, 6.45) is 0. The van der Waals surface area contributed by atoms with Crippen molar-refractivity contribution in [3.05, 3.63) is 58.1 Å². The molecule has 0 unspecified atom stereocenters. The third kappa shape index (κ3) is 3.26. The van der Waals surface area contributed by atoms with Crippen LogP contribution < -0.4 is 0 Å². The number of nitrogens with zero attached hydrogens (tertiary/aromatic N) is 2. The van der Waals surface area contributed by atoms with Gasteiger partial charge in [-0.3, -0.25) is 10.1 Å². The van der Waals surface area contributed by atoms with E-state index in [1.165, 1.54) is 44.4 Å². The van der Waals surface area contributed by atoms with Gasteiger partial charge in [-0.05, 0) is 29.3 Å². The third-order valence-electron chi connectivity index (χ3n) is 3.39. The molecule has 126 valence electrons. The smallest absolute Gasteiger partial charge is 0.342 e. The summed E-state index contributed by atoms with van der Waals surface area (Å²) >= 11 is 0. The number of carboxylic acid groups (broad SMARTS) is 1. The van der Waals surface area contributed by atoms with Crippen LogP contribution in [0.25, 0.3) is 11.1 Å². The van der Waals surface area contributed by atoms with Crippen LogP contribution in [-0.4, -0.2) is 42.8 Å². The number of hydrogen-bond donors (Lipinski definition) is 1. The fraction of sp³-hybridized carbons (Fsp3) is 0.133. The quantitative estimate of drug-likeness (QED) is 0.652. The summed E-state index contributed by atoms with van der Waals surface area (Å²) in [5.41, 5.74) is 0.0220. The molecule has 2 aromatic carbocycles. The van der Waals surface area contributed by atoms with E-state index in [0.29, 0.717) is 11.1 Å². The van der Waals surface area contributed by atoms with Crippen LogP contribution >= 0.6 is 0 Å². The summed E-state index contributed by atoms with van der Waals surface area (Å²) in [7, 11) is -0.740. The Bertz CT molecular complexity index is 904. The maximum Gasteiger partial charge on any atom is 0.342 e. The van der Waals surface area contributed by atoms with Crippen molar-refractivity contribution in [3.63, 3.8) is 0 Å². The third-order valence-corrected chi connectivity index (χ3v) is 5.22. The Morgan fingerprint density at radius 3 is 2.08 bits per heavy atom. The van der Waals surface area contributed by atoms with Gasteiger partial charge in [-0.2, -0.15) is 0 Å². The first-order chi connectivity index (χ1) is 11.1. The first-order valence-electron chi connectivity index (χ1n) is 6.69. The number of aromatic carboxylic acids is 1. The van der Waals surface area contributed by atoms with Crippen LogP contribution in [-0.2, 0) is 10.0 Å². The number of carboxylic acids is 1. The number of nitro benzene ring substituents is 1. The molecule has 0 spiro atoms. The maximum atomic E-state index is 12.0. The van der Waals surface area contributed by atoms with Crippen LogP contribution in [0.5, 0.6) is 0 Å². The molecule has 2 aromatic rings. The Morgan fingerprint density at radius 2 is 1.62 bits per heavy atom. The first kappa shape index (κ1) is 17.6. The van der Waals surface area contributed by atoms with Crippen LogP contribution in [0, 0.1) is 10.1 Å². The van der Waals surface area contributed by atoms with E-state index in [2.05, 4.69) is 0 Å². The maximum absolute atomic E-state index is 12.0. The van der Waals surface area contributed by atoms with E-state index in [1.807, 2.05) is 0 Å². The highest BCUT2D eigenvalue weighted by atomic mass is 32.2. The number of hydrogen-bond acceptors (Lipinski definition) is 5. The molecular weight excluding hydrogens is 336 g/mol. The second-order valence-corrected chi connectivity index (χ2v) is 7.26. The van der Waals surface area contributed by atoms with Crippen LogP contribution in [0.15, 0.2) is 47.4 Å². The fourth-order valence-electron chi connectivity index (χ4n) is 2.07. The molecule has 0 amide bonds. The molecule has 0 radical (unpaired) electrons. The van der Waals surface area contributed by atoms with Gasteiger partial charge in [0.1, 0.15) is 5.56 Å². The minimum Gasteiger partial charge on any atom is -0.477 e. The predicted octanol–water partition coefficient (Wildman–Crippen LogP) is 2.21. The van der Waals surface area contributed by atoms with Gasteiger partial charge in [-0.15, -0.1) is 0 Å². The van der Waals surface area contributed by atoms with Gasteiger partial charge in [0.15, 0.2) is 0 Å². The molecule has 0 atom stereocenters. The number of rotatable bonds is 5. The van der Waals surface area contributed by atoms with Crippen molar-refractivity contribution in [2.75, 3.05) is 14.1 Å². The summed E-state index contributed by atoms with van der Waals surface area (Å²) < 4.78 is 25.1. The van der Waals surface area contributed by atoms with Crippen molar-refractivity contribution in [2.24, 2.45) is 0 Å². The van der Waals surface area contributed by atoms with E-state index < -0.39 is 32.2 Å².